The third kappa shape index (κ3) is 5.20. The van der Waals surface area contributed by atoms with Gasteiger partial charge in [-0.15, -0.1) is 0 Å². The van der Waals surface area contributed by atoms with Crippen molar-refractivity contribution >= 4 is 17.6 Å². The molecule has 3 rings (SSSR count). The molecule has 0 saturated heterocycles. The quantitative estimate of drug-likeness (QED) is 0.355. The molecule has 2 aromatic rings. The number of ether oxygens (including phenoxy) is 2. The van der Waals surface area contributed by atoms with Gasteiger partial charge in [-0.2, -0.15) is 14.0 Å². The summed E-state index contributed by atoms with van der Waals surface area (Å²) in [4.78, 5) is 12.6. The zero-order chi connectivity index (χ0) is 22.8. The molecule has 1 saturated carbocycles. The molecule has 3 atom stereocenters. The Morgan fingerprint density at radius 3 is 2.45 bits per heavy atom. The average Bonchev–Trinajstić information content (AvgIpc) is 3.26. The van der Waals surface area contributed by atoms with Gasteiger partial charge in [0.05, 0.1) is 5.92 Å². The number of hydrogen-bond acceptors (Lipinski definition) is 4. The SMILES string of the molecule is CC1(C)[C@H](C(=O)OC(C#N)c2cccc(Oc3ccccc3)c2)[C@@H]1C=C(F)C(F)(F)Cl. The molecule has 1 fully saturated rings. The molecule has 0 N–H and O–H groups in total. The number of allylic oxidation sites excluding steroid dienone is 2. The first-order valence-corrected chi connectivity index (χ1v) is 9.79. The van der Waals surface area contributed by atoms with Crippen molar-refractivity contribution in [1.82, 2.24) is 0 Å². The van der Waals surface area contributed by atoms with Crippen LogP contribution < -0.4 is 4.74 Å². The second-order valence-electron chi connectivity index (χ2n) is 7.77. The summed E-state index contributed by atoms with van der Waals surface area (Å²) < 4.78 is 50.4. The first kappa shape index (κ1) is 22.7. The monoisotopic (exact) mass is 449 g/mol. The van der Waals surface area contributed by atoms with E-state index in [0.29, 0.717) is 23.1 Å². The van der Waals surface area contributed by atoms with Gasteiger partial charge in [-0.25, -0.2) is 4.39 Å². The van der Waals surface area contributed by atoms with E-state index in [1.807, 2.05) is 24.3 Å². The highest BCUT2D eigenvalue weighted by Gasteiger charge is 2.62. The predicted molar refractivity (Wildman–Crippen MR) is 108 cm³/mol. The molecule has 162 valence electrons. The largest absolute Gasteiger partial charge is 0.457 e. The number of rotatable bonds is 7. The highest BCUT2D eigenvalue weighted by Crippen LogP contribution is 2.60. The smallest absolute Gasteiger partial charge is 0.373 e. The van der Waals surface area contributed by atoms with Gasteiger partial charge < -0.3 is 9.47 Å². The number of esters is 1. The lowest BCUT2D eigenvalue weighted by molar-refractivity contribution is -0.149. The molecule has 4 nitrogen and oxygen atoms in total. The zero-order valence-electron chi connectivity index (χ0n) is 16.7. The Hall–Kier alpha value is -2.98. The van der Waals surface area contributed by atoms with E-state index in [1.165, 1.54) is 0 Å². The summed E-state index contributed by atoms with van der Waals surface area (Å²) in [6.45, 7) is 3.24. The zero-order valence-corrected chi connectivity index (χ0v) is 17.4. The van der Waals surface area contributed by atoms with Crippen LogP contribution in [0.2, 0.25) is 0 Å². The Balaban J connectivity index is 1.72. The molecule has 0 heterocycles. The van der Waals surface area contributed by atoms with Gasteiger partial charge in [0, 0.05) is 5.56 Å². The van der Waals surface area contributed by atoms with E-state index in [-0.39, 0.29) is 0 Å². The van der Waals surface area contributed by atoms with Crippen molar-refractivity contribution in [2.45, 2.75) is 25.3 Å². The number of benzene rings is 2. The van der Waals surface area contributed by atoms with Crippen molar-refractivity contribution < 1.29 is 27.4 Å². The van der Waals surface area contributed by atoms with E-state index in [1.54, 1.807) is 50.2 Å². The minimum Gasteiger partial charge on any atom is -0.457 e. The van der Waals surface area contributed by atoms with Crippen molar-refractivity contribution in [3.05, 3.63) is 72.1 Å². The van der Waals surface area contributed by atoms with Gasteiger partial charge in [-0.05, 0) is 53.3 Å². The molecule has 0 radical (unpaired) electrons. The van der Waals surface area contributed by atoms with Gasteiger partial charge in [-0.1, -0.05) is 44.2 Å². The van der Waals surface area contributed by atoms with E-state index >= 15 is 0 Å². The number of halogens is 4. The number of carbonyl (C=O) groups is 1. The molecule has 1 unspecified atom stereocenters. The molecule has 1 aliphatic rings. The maximum absolute atomic E-state index is 13.6. The summed E-state index contributed by atoms with van der Waals surface area (Å²) in [7, 11) is 0. The fourth-order valence-electron chi connectivity index (χ4n) is 3.42. The lowest BCUT2D eigenvalue weighted by Gasteiger charge is -2.13. The molecular formula is C23H19ClF3NO3. The first-order chi connectivity index (χ1) is 14.5. The van der Waals surface area contributed by atoms with E-state index in [2.05, 4.69) is 11.6 Å². The highest BCUT2D eigenvalue weighted by atomic mass is 35.5. The molecule has 8 heteroatoms. The number of nitriles is 1. The maximum atomic E-state index is 13.6. The Bertz CT molecular complexity index is 1030. The second kappa shape index (κ2) is 8.64. The normalized spacial score (nSPS) is 21.0. The molecule has 1 aliphatic carbocycles. The van der Waals surface area contributed by atoms with Crippen LogP contribution in [0.1, 0.15) is 25.5 Å². The number of alkyl halides is 3. The van der Waals surface area contributed by atoms with E-state index in [0.717, 1.165) is 0 Å². The number of nitrogens with zero attached hydrogens (tertiary/aromatic N) is 1. The van der Waals surface area contributed by atoms with Crippen LogP contribution in [0, 0.1) is 28.6 Å². The third-order valence-electron chi connectivity index (χ3n) is 5.25. The molecular weight excluding hydrogens is 431 g/mol. The van der Waals surface area contributed by atoms with Gasteiger partial charge in [0.1, 0.15) is 17.6 Å². The Kier molecular flexibility index (Phi) is 6.33. The fourth-order valence-corrected chi connectivity index (χ4v) is 3.48. The first-order valence-electron chi connectivity index (χ1n) is 9.41. The van der Waals surface area contributed by atoms with Gasteiger partial charge in [0.2, 0.25) is 6.10 Å². The number of para-hydroxylation sites is 1. The lowest BCUT2D eigenvalue weighted by Crippen LogP contribution is -2.14. The minimum absolute atomic E-state index is 0.383. The van der Waals surface area contributed by atoms with Crippen LogP contribution in [-0.4, -0.2) is 11.4 Å². The molecule has 31 heavy (non-hydrogen) atoms. The van der Waals surface area contributed by atoms with Crippen molar-refractivity contribution in [2.75, 3.05) is 0 Å². The van der Waals surface area contributed by atoms with Crippen LogP contribution in [0.25, 0.3) is 0 Å². The topological polar surface area (TPSA) is 59.3 Å². The third-order valence-corrected chi connectivity index (χ3v) is 5.43. The highest BCUT2D eigenvalue weighted by molar-refractivity contribution is 6.23. The van der Waals surface area contributed by atoms with Gasteiger partial charge >= 0.3 is 11.4 Å². The predicted octanol–water partition coefficient (Wildman–Crippen LogP) is 6.54. The van der Waals surface area contributed by atoms with Crippen LogP contribution >= 0.6 is 11.6 Å². The van der Waals surface area contributed by atoms with Crippen molar-refractivity contribution in [1.29, 1.82) is 5.26 Å². The number of hydrogen-bond donors (Lipinski definition) is 0. The van der Waals surface area contributed by atoms with Gasteiger partial charge in [-0.3, -0.25) is 4.79 Å². The molecule has 0 aliphatic heterocycles. The average molecular weight is 450 g/mol. The Labute approximate surface area is 182 Å². The fraction of sp³-hybridized carbons (Fsp3) is 0.304. The van der Waals surface area contributed by atoms with E-state index in [9.17, 15) is 23.2 Å². The summed E-state index contributed by atoms with van der Waals surface area (Å²) in [6.07, 6.45) is -0.596. The van der Waals surface area contributed by atoms with Crippen LogP contribution in [0.5, 0.6) is 11.5 Å². The van der Waals surface area contributed by atoms with Crippen molar-refractivity contribution in [3.63, 3.8) is 0 Å². The Morgan fingerprint density at radius 2 is 1.84 bits per heavy atom. The summed E-state index contributed by atoms with van der Waals surface area (Å²) in [5, 5.41) is 5.37. The molecule has 0 bridgehead atoms. The van der Waals surface area contributed by atoms with Crippen LogP contribution in [0.3, 0.4) is 0 Å². The van der Waals surface area contributed by atoms with Crippen molar-refractivity contribution in [2.24, 2.45) is 17.3 Å². The van der Waals surface area contributed by atoms with E-state index in [4.69, 9.17) is 9.47 Å². The molecule has 0 spiro atoms. The van der Waals surface area contributed by atoms with Gasteiger partial charge in [0.25, 0.3) is 0 Å². The molecule has 0 amide bonds. The summed E-state index contributed by atoms with van der Waals surface area (Å²) >= 11 is 4.69. The number of carbonyl (C=O) groups excluding carboxylic acids is 1. The minimum atomic E-state index is -4.14. The summed E-state index contributed by atoms with van der Waals surface area (Å²) in [6, 6.07) is 17.4. The van der Waals surface area contributed by atoms with Crippen molar-refractivity contribution in [3.8, 4) is 17.6 Å². The Morgan fingerprint density at radius 1 is 1.19 bits per heavy atom. The van der Waals surface area contributed by atoms with Crippen LogP contribution in [0.4, 0.5) is 13.2 Å². The standard InChI is InChI=1S/C23H19ClF3NO3/c1-22(2)17(12-19(25)23(24,26)27)20(22)21(29)31-18(13-28)14-7-6-10-16(11-14)30-15-8-4-3-5-9-15/h3-12,17-18,20H,1-2H3/t17-,18?,20-/m0/s1. The summed E-state index contributed by atoms with van der Waals surface area (Å²) in [5.41, 5.74) is -0.428. The van der Waals surface area contributed by atoms with Crippen LogP contribution in [0.15, 0.2) is 66.5 Å². The maximum Gasteiger partial charge on any atom is 0.373 e. The second-order valence-corrected chi connectivity index (χ2v) is 8.25. The lowest BCUT2D eigenvalue weighted by atomic mass is 10.1. The van der Waals surface area contributed by atoms with Crippen LogP contribution in [-0.2, 0) is 9.53 Å². The van der Waals surface area contributed by atoms with E-state index < -0.39 is 40.5 Å². The summed E-state index contributed by atoms with van der Waals surface area (Å²) in [5.74, 6) is -3.26. The van der Waals surface area contributed by atoms with Gasteiger partial charge in [0.15, 0.2) is 5.83 Å². The molecule has 0 aromatic heterocycles. The molecule has 2 aromatic carbocycles.